The van der Waals surface area contributed by atoms with E-state index in [1.54, 1.807) is 0 Å². The van der Waals surface area contributed by atoms with E-state index in [9.17, 15) is 0 Å². The molecule has 0 spiro atoms. The minimum absolute atomic E-state index is 0.0851. The Morgan fingerprint density at radius 2 is 1.83 bits per heavy atom. The van der Waals surface area contributed by atoms with E-state index >= 15 is 0 Å². The highest BCUT2D eigenvalue weighted by Gasteiger charge is 2.45. The molecular weight excluding hydrogens is 232 g/mol. The van der Waals surface area contributed by atoms with E-state index in [4.69, 9.17) is 16.2 Å². The van der Waals surface area contributed by atoms with Crippen molar-refractivity contribution in [2.75, 3.05) is 23.5 Å². The first kappa shape index (κ1) is 11.5. The fraction of sp³-hybridized carbons (Fsp3) is 0.727. The second-order valence-corrected chi connectivity index (χ2v) is 5.17. The summed E-state index contributed by atoms with van der Waals surface area (Å²) >= 11 is 0. The quantitative estimate of drug-likeness (QED) is 0.676. The largest absolute Gasteiger partial charge is 0.368 e. The Labute approximate surface area is 105 Å². The molecule has 7 nitrogen and oxygen atoms in total. The molecule has 98 valence electrons. The molecule has 2 bridgehead atoms. The Hall–Kier alpha value is -1.63. The van der Waals surface area contributed by atoms with E-state index in [1.165, 1.54) is 32.1 Å². The Kier molecular flexibility index (Phi) is 2.70. The van der Waals surface area contributed by atoms with E-state index < -0.39 is 0 Å². The number of nitrogen functional groups attached to an aromatic ring is 2. The van der Waals surface area contributed by atoms with Crippen LogP contribution in [0.4, 0.5) is 17.8 Å². The number of anilines is 3. The molecule has 0 unspecified atom stereocenters. The van der Waals surface area contributed by atoms with Crippen molar-refractivity contribution in [2.45, 2.75) is 37.7 Å². The monoisotopic (exact) mass is 250 g/mol. The summed E-state index contributed by atoms with van der Waals surface area (Å²) in [4.78, 5) is 11.6. The van der Waals surface area contributed by atoms with Crippen LogP contribution in [-0.4, -0.2) is 27.3 Å². The minimum atomic E-state index is 0.0851. The summed E-state index contributed by atoms with van der Waals surface area (Å²) in [6.07, 6.45) is 6.12. The standard InChI is InChI=1S/C11H18N6O/c12-8-15-9(13)17-10(16-8)14-6-18-11-3-1-7(5-11)2-4-11/h7H,1-6H2,(H5,12,13,14,15,16,17). The van der Waals surface area contributed by atoms with Crippen LogP contribution >= 0.6 is 0 Å². The molecule has 0 atom stereocenters. The average molecular weight is 250 g/mol. The molecule has 2 aliphatic rings. The van der Waals surface area contributed by atoms with Crippen molar-refractivity contribution in [3.05, 3.63) is 0 Å². The van der Waals surface area contributed by atoms with Gasteiger partial charge in [0.1, 0.15) is 6.73 Å². The van der Waals surface area contributed by atoms with E-state index in [1.807, 2.05) is 0 Å². The van der Waals surface area contributed by atoms with Crippen molar-refractivity contribution >= 4 is 17.8 Å². The smallest absolute Gasteiger partial charge is 0.231 e. The topological polar surface area (TPSA) is 112 Å². The van der Waals surface area contributed by atoms with Crippen LogP contribution in [0.1, 0.15) is 32.1 Å². The Bertz CT molecular complexity index is 423. The van der Waals surface area contributed by atoms with E-state index in [0.29, 0.717) is 12.7 Å². The van der Waals surface area contributed by atoms with Crippen molar-refractivity contribution in [3.8, 4) is 0 Å². The summed E-state index contributed by atoms with van der Waals surface area (Å²) < 4.78 is 5.97. The summed E-state index contributed by atoms with van der Waals surface area (Å²) in [6, 6.07) is 0. The van der Waals surface area contributed by atoms with Crippen LogP contribution in [0.15, 0.2) is 0 Å². The van der Waals surface area contributed by atoms with Crippen molar-refractivity contribution in [1.29, 1.82) is 0 Å². The maximum atomic E-state index is 5.97. The number of rotatable bonds is 4. The predicted molar refractivity (Wildman–Crippen MR) is 67.5 cm³/mol. The number of nitrogens with one attached hydrogen (secondary N) is 1. The van der Waals surface area contributed by atoms with Crippen LogP contribution in [0, 0.1) is 5.92 Å². The summed E-state index contributed by atoms with van der Waals surface area (Å²) in [6.45, 7) is 0.385. The molecule has 2 aliphatic carbocycles. The zero-order valence-corrected chi connectivity index (χ0v) is 10.2. The van der Waals surface area contributed by atoms with Crippen LogP contribution in [0.3, 0.4) is 0 Å². The highest BCUT2D eigenvalue weighted by atomic mass is 16.5. The van der Waals surface area contributed by atoms with E-state index in [2.05, 4.69) is 20.3 Å². The maximum absolute atomic E-state index is 5.97. The van der Waals surface area contributed by atoms with E-state index in [-0.39, 0.29) is 17.5 Å². The van der Waals surface area contributed by atoms with Crippen LogP contribution in [0.5, 0.6) is 0 Å². The lowest BCUT2D eigenvalue weighted by molar-refractivity contribution is -0.0277. The average Bonchev–Trinajstić information content (AvgIpc) is 2.87. The molecule has 0 amide bonds. The van der Waals surface area contributed by atoms with Crippen molar-refractivity contribution in [3.63, 3.8) is 0 Å². The molecule has 2 fully saturated rings. The molecule has 7 heteroatoms. The lowest BCUT2D eigenvalue weighted by Gasteiger charge is -2.26. The summed E-state index contributed by atoms with van der Waals surface area (Å²) in [5.74, 6) is 1.47. The molecule has 0 aromatic carbocycles. The van der Waals surface area contributed by atoms with Gasteiger partial charge in [0.05, 0.1) is 5.60 Å². The number of nitrogens with zero attached hydrogens (tertiary/aromatic N) is 3. The highest BCUT2D eigenvalue weighted by molar-refractivity contribution is 5.36. The Morgan fingerprint density at radius 1 is 1.17 bits per heavy atom. The Balaban J connectivity index is 1.55. The molecule has 0 aliphatic heterocycles. The number of aromatic nitrogens is 3. The molecule has 2 saturated carbocycles. The van der Waals surface area contributed by atoms with Gasteiger partial charge in [-0.3, -0.25) is 0 Å². The van der Waals surface area contributed by atoms with Gasteiger partial charge in [0.2, 0.25) is 17.8 Å². The van der Waals surface area contributed by atoms with Crippen molar-refractivity contribution in [2.24, 2.45) is 5.92 Å². The Morgan fingerprint density at radius 3 is 2.39 bits per heavy atom. The van der Waals surface area contributed by atoms with Gasteiger partial charge in [-0.15, -0.1) is 0 Å². The van der Waals surface area contributed by atoms with E-state index in [0.717, 1.165) is 5.92 Å². The normalized spacial score (nSPS) is 29.7. The molecule has 1 aromatic rings. The van der Waals surface area contributed by atoms with Gasteiger partial charge in [0.15, 0.2) is 0 Å². The van der Waals surface area contributed by atoms with Gasteiger partial charge >= 0.3 is 0 Å². The van der Waals surface area contributed by atoms with Gasteiger partial charge in [-0.2, -0.15) is 15.0 Å². The number of fused-ring (bicyclic) bond motifs is 2. The molecule has 18 heavy (non-hydrogen) atoms. The lowest BCUT2D eigenvalue weighted by atomic mass is 9.97. The second-order valence-electron chi connectivity index (χ2n) is 5.17. The molecule has 1 aromatic heterocycles. The number of ether oxygens (including phenoxy) is 1. The molecule has 0 radical (unpaired) electrons. The van der Waals surface area contributed by atoms with Gasteiger partial charge in [-0.25, -0.2) is 0 Å². The third kappa shape index (κ3) is 2.17. The first-order valence-electron chi connectivity index (χ1n) is 6.30. The molecule has 1 heterocycles. The predicted octanol–water partition coefficient (Wildman–Crippen LogP) is 0.755. The number of nitrogens with two attached hydrogens (primary N) is 2. The summed E-state index contributed by atoms with van der Waals surface area (Å²) in [7, 11) is 0. The third-order valence-corrected chi connectivity index (χ3v) is 3.96. The fourth-order valence-corrected chi connectivity index (χ4v) is 3.08. The van der Waals surface area contributed by atoms with Crippen LogP contribution in [0.2, 0.25) is 0 Å². The van der Waals surface area contributed by atoms with Crippen LogP contribution in [0.25, 0.3) is 0 Å². The van der Waals surface area contributed by atoms with Crippen molar-refractivity contribution in [1.82, 2.24) is 15.0 Å². The van der Waals surface area contributed by atoms with Gasteiger partial charge in [-0.05, 0) is 38.0 Å². The van der Waals surface area contributed by atoms with Gasteiger partial charge in [0, 0.05) is 0 Å². The first-order chi connectivity index (χ1) is 8.65. The summed E-state index contributed by atoms with van der Waals surface area (Å²) in [5.41, 5.74) is 11.1. The van der Waals surface area contributed by atoms with Gasteiger partial charge in [0.25, 0.3) is 0 Å². The zero-order valence-electron chi connectivity index (χ0n) is 10.2. The van der Waals surface area contributed by atoms with Gasteiger partial charge < -0.3 is 21.5 Å². The lowest BCUT2D eigenvalue weighted by Crippen LogP contribution is -2.29. The van der Waals surface area contributed by atoms with Crippen LogP contribution < -0.4 is 16.8 Å². The first-order valence-corrected chi connectivity index (χ1v) is 6.30. The molecule has 3 rings (SSSR count). The molecule has 5 N–H and O–H groups in total. The zero-order chi connectivity index (χ0) is 12.6. The number of hydrogen-bond acceptors (Lipinski definition) is 7. The SMILES string of the molecule is Nc1nc(N)nc(NCOC23CCC(CC2)C3)n1. The maximum Gasteiger partial charge on any atom is 0.231 e. The minimum Gasteiger partial charge on any atom is -0.368 e. The molecular formula is C11H18N6O. The summed E-state index contributed by atoms with van der Waals surface area (Å²) in [5, 5.41) is 2.99. The molecule has 0 saturated heterocycles. The van der Waals surface area contributed by atoms with Gasteiger partial charge in [-0.1, -0.05) is 0 Å². The van der Waals surface area contributed by atoms with Crippen molar-refractivity contribution < 1.29 is 4.74 Å². The third-order valence-electron chi connectivity index (χ3n) is 3.96. The van der Waals surface area contributed by atoms with Crippen LogP contribution in [-0.2, 0) is 4.74 Å². The highest BCUT2D eigenvalue weighted by Crippen LogP contribution is 2.49. The second kappa shape index (κ2) is 4.24. The number of hydrogen-bond donors (Lipinski definition) is 3. The fourth-order valence-electron chi connectivity index (χ4n) is 3.08.